The monoisotopic (exact) mass is 444 g/mol. The van der Waals surface area contributed by atoms with E-state index in [2.05, 4.69) is 61.3 Å². The zero-order valence-corrected chi connectivity index (χ0v) is 18.9. The van der Waals surface area contributed by atoms with E-state index in [1.165, 1.54) is 10.8 Å². The van der Waals surface area contributed by atoms with Gasteiger partial charge in [-0.2, -0.15) is 5.10 Å². The van der Waals surface area contributed by atoms with Gasteiger partial charge in [-0.1, -0.05) is 61.8 Å². The largest absolute Gasteiger partial charge is 0.512 e. The third-order valence-corrected chi connectivity index (χ3v) is 7.02. The fourth-order valence-corrected chi connectivity index (χ4v) is 5.75. The van der Waals surface area contributed by atoms with E-state index in [1.807, 2.05) is 24.3 Å². The lowest BCUT2D eigenvalue weighted by Crippen LogP contribution is -2.56. The average molecular weight is 445 g/mol. The Labute approximate surface area is 192 Å². The van der Waals surface area contributed by atoms with Crippen LogP contribution in [0.2, 0.25) is 5.02 Å². The molecule has 3 aromatic rings. The minimum absolute atomic E-state index is 0.00290. The number of nitrogens with zero attached hydrogens (tertiary/aromatic N) is 2. The van der Waals surface area contributed by atoms with Gasteiger partial charge in [0.25, 0.3) is 0 Å². The predicted molar refractivity (Wildman–Crippen MR) is 128 cm³/mol. The molecular weight excluding hydrogens is 420 g/mol. The maximum absolute atomic E-state index is 10.7. The zero-order chi connectivity index (χ0) is 22.1. The second kappa shape index (κ2) is 6.76. The van der Waals surface area contributed by atoms with Crippen LogP contribution in [0.15, 0.2) is 77.6 Å². The molecule has 0 saturated heterocycles. The third kappa shape index (κ3) is 3.08. The Morgan fingerprint density at radius 1 is 1.06 bits per heavy atom. The highest BCUT2D eigenvalue weighted by Gasteiger charge is 2.53. The van der Waals surface area contributed by atoms with Crippen LogP contribution in [0, 0.1) is 5.41 Å². The van der Waals surface area contributed by atoms with Crippen molar-refractivity contribution in [3.63, 3.8) is 0 Å². The SMILES string of the molecule is CC1(C)CC(O)=CC2(C1)Oc1ccc(Cl)cc1C1CC(c3ccc4ccccc4c3)=NN12. The lowest BCUT2D eigenvalue weighted by atomic mass is 9.75. The quantitative estimate of drug-likeness (QED) is 0.439. The Morgan fingerprint density at radius 3 is 2.69 bits per heavy atom. The molecule has 6 rings (SSSR count). The summed E-state index contributed by atoms with van der Waals surface area (Å²) in [5.74, 6) is 1.17. The van der Waals surface area contributed by atoms with Crippen LogP contribution in [0.25, 0.3) is 10.8 Å². The van der Waals surface area contributed by atoms with Crippen molar-refractivity contribution in [3.8, 4) is 5.75 Å². The number of aliphatic hydroxyl groups excluding tert-OH is 1. The van der Waals surface area contributed by atoms with Crippen LogP contribution < -0.4 is 4.74 Å². The molecule has 2 aliphatic heterocycles. The van der Waals surface area contributed by atoms with E-state index in [0.717, 1.165) is 35.4 Å². The van der Waals surface area contributed by atoms with Crippen LogP contribution in [-0.2, 0) is 0 Å². The van der Waals surface area contributed by atoms with Gasteiger partial charge in [0.2, 0.25) is 5.72 Å². The molecule has 1 aliphatic carbocycles. The molecule has 0 amide bonds. The number of benzene rings is 3. The number of rotatable bonds is 1. The summed E-state index contributed by atoms with van der Waals surface area (Å²) in [6.45, 7) is 4.33. The Bertz CT molecular complexity index is 1310. The standard InChI is InChI=1S/C27H25ClN2O2/c1-26(2)14-21(31)15-27(16-26)30-24(22-12-20(28)9-10-25(22)32-27)13-23(29-30)19-8-7-17-5-3-4-6-18(17)11-19/h3-12,15,24,31H,13-14,16H2,1-2H3. The van der Waals surface area contributed by atoms with E-state index < -0.39 is 5.72 Å². The van der Waals surface area contributed by atoms with Gasteiger partial charge in [0, 0.05) is 35.9 Å². The Morgan fingerprint density at radius 2 is 1.88 bits per heavy atom. The van der Waals surface area contributed by atoms with Gasteiger partial charge < -0.3 is 9.84 Å². The summed E-state index contributed by atoms with van der Waals surface area (Å²) in [6, 6.07) is 20.7. The van der Waals surface area contributed by atoms with E-state index in [1.54, 1.807) is 0 Å². The lowest BCUT2D eigenvalue weighted by Gasteiger charge is -2.50. The maximum Gasteiger partial charge on any atom is 0.221 e. The smallest absolute Gasteiger partial charge is 0.221 e. The molecule has 0 aromatic heterocycles. The first-order chi connectivity index (χ1) is 15.3. The van der Waals surface area contributed by atoms with Crippen molar-refractivity contribution in [2.45, 2.75) is 44.9 Å². The van der Waals surface area contributed by atoms with Crippen molar-refractivity contribution in [2.24, 2.45) is 10.5 Å². The second-order valence-corrected chi connectivity index (χ2v) is 10.4. The summed E-state index contributed by atoms with van der Waals surface area (Å²) >= 11 is 6.37. The summed E-state index contributed by atoms with van der Waals surface area (Å²) < 4.78 is 6.61. The summed E-state index contributed by atoms with van der Waals surface area (Å²) in [4.78, 5) is 0. The van der Waals surface area contributed by atoms with Crippen LogP contribution in [0.5, 0.6) is 5.75 Å². The first-order valence-electron chi connectivity index (χ1n) is 11.1. The third-order valence-electron chi connectivity index (χ3n) is 6.78. The molecule has 162 valence electrons. The topological polar surface area (TPSA) is 45.1 Å². The summed E-state index contributed by atoms with van der Waals surface area (Å²) in [5, 5.41) is 20.9. The number of hydrogen-bond donors (Lipinski definition) is 1. The molecule has 0 saturated carbocycles. The van der Waals surface area contributed by atoms with E-state index in [0.29, 0.717) is 17.2 Å². The van der Waals surface area contributed by atoms with E-state index in [9.17, 15) is 5.11 Å². The van der Waals surface area contributed by atoms with Crippen molar-refractivity contribution in [1.82, 2.24) is 5.01 Å². The van der Waals surface area contributed by atoms with Gasteiger partial charge in [0.05, 0.1) is 17.5 Å². The summed E-state index contributed by atoms with van der Waals surface area (Å²) in [6.07, 6.45) is 3.98. The van der Waals surface area contributed by atoms with Crippen molar-refractivity contribution in [3.05, 3.63) is 88.6 Å². The normalized spacial score (nSPS) is 25.7. The van der Waals surface area contributed by atoms with Gasteiger partial charge in [-0.05, 0) is 46.0 Å². The molecule has 1 N–H and O–H groups in total. The van der Waals surface area contributed by atoms with Crippen molar-refractivity contribution in [1.29, 1.82) is 0 Å². The molecule has 32 heavy (non-hydrogen) atoms. The average Bonchev–Trinajstić information content (AvgIpc) is 3.20. The van der Waals surface area contributed by atoms with Crippen molar-refractivity contribution >= 4 is 28.1 Å². The van der Waals surface area contributed by atoms with Crippen LogP contribution in [0.1, 0.15) is 50.3 Å². The van der Waals surface area contributed by atoms with Crippen LogP contribution >= 0.6 is 11.6 Å². The number of fused-ring (bicyclic) bond motifs is 5. The highest BCUT2D eigenvalue weighted by molar-refractivity contribution is 6.30. The molecule has 2 heterocycles. The Hall–Kier alpha value is -2.98. The van der Waals surface area contributed by atoms with Gasteiger partial charge in [0.1, 0.15) is 5.75 Å². The van der Waals surface area contributed by atoms with E-state index in [4.69, 9.17) is 21.4 Å². The highest BCUT2D eigenvalue weighted by Crippen LogP contribution is 2.53. The number of hydrogen-bond acceptors (Lipinski definition) is 4. The molecule has 2 atom stereocenters. The number of aliphatic hydroxyl groups is 1. The van der Waals surface area contributed by atoms with Gasteiger partial charge in [-0.3, -0.25) is 0 Å². The van der Waals surface area contributed by atoms with Gasteiger partial charge in [-0.25, -0.2) is 5.01 Å². The number of allylic oxidation sites excluding steroid dienone is 1. The number of halogens is 1. The van der Waals surface area contributed by atoms with E-state index >= 15 is 0 Å². The lowest BCUT2D eigenvalue weighted by molar-refractivity contribution is -0.115. The molecule has 0 fully saturated rings. The summed E-state index contributed by atoms with van der Waals surface area (Å²) in [5.41, 5.74) is 2.23. The molecule has 0 bridgehead atoms. The number of hydrazone groups is 1. The minimum Gasteiger partial charge on any atom is -0.512 e. The van der Waals surface area contributed by atoms with Gasteiger partial charge in [-0.15, -0.1) is 0 Å². The second-order valence-electron chi connectivity index (χ2n) is 9.96. The summed E-state index contributed by atoms with van der Waals surface area (Å²) in [7, 11) is 0. The van der Waals surface area contributed by atoms with Crippen LogP contribution in [-0.4, -0.2) is 21.6 Å². The fourth-order valence-electron chi connectivity index (χ4n) is 5.57. The fraction of sp³-hybridized carbons (Fsp3) is 0.296. The molecule has 1 spiro atoms. The first kappa shape index (κ1) is 19.7. The molecule has 0 radical (unpaired) electrons. The Balaban J connectivity index is 1.50. The minimum atomic E-state index is -0.823. The highest BCUT2D eigenvalue weighted by atomic mass is 35.5. The van der Waals surface area contributed by atoms with Gasteiger partial charge >= 0.3 is 0 Å². The molecule has 5 heteroatoms. The van der Waals surface area contributed by atoms with Crippen LogP contribution in [0.3, 0.4) is 0 Å². The Kier molecular flexibility index (Phi) is 4.16. The van der Waals surface area contributed by atoms with Crippen molar-refractivity contribution in [2.75, 3.05) is 0 Å². The zero-order valence-electron chi connectivity index (χ0n) is 18.2. The first-order valence-corrected chi connectivity index (χ1v) is 11.4. The molecular formula is C27H25ClN2O2. The number of ether oxygens (including phenoxy) is 1. The van der Waals surface area contributed by atoms with Gasteiger partial charge in [0.15, 0.2) is 0 Å². The molecule has 3 aromatic carbocycles. The predicted octanol–water partition coefficient (Wildman–Crippen LogP) is 6.99. The molecule has 4 nitrogen and oxygen atoms in total. The van der Waals surface area contributed by atoms with Crippen molar-refractivity contribution < 1.29 is 9.84 Å². The maximum atomic E-state index is 10.7. The van der Waals surface area contributed by atoms with Crippen LogP contribution in [0.4, 0.5) is 0 Å². The van der Waals surface area contributed by atoms with E-state index in [-0.39, 0.29) is 11.5 Å². The molecule has 3 aliphatic rings. The molecule has 2 unspecified atom stereocenters.